The molecule has 3 rings (SSSR count). The second kappa shape index (κ2) is 6.33. The average Bonchev–Trinajstić information content (AvgIpc) is 2.94. The number of aromatic amines is 1. The molecule has 2 aromatic carbocycles. The van der Waals surface area contributed by atoms with Crippen molar-refractivity contribution in [2.24, 2.45) is 0 Å². The molecule has 0 aliphatic carbocycles. The number of benzene rings is 2. The van der Waals surface area contributed by atoms with E-state index in [-0.39, 0.29) is 0 Å². The Kier molecular flexibility index (Phi) is 4.28. The summed E-state index contributed by atoms with van der Waals surface area (Å²) in [5, 5.41) is 5.69. The van der Waals surface area contributed by atoms with E-state index in [0.29, 0.717) is 6.04 Å². The molecular formula is C18H19ClN2. The summed E-state index contributed by atoms with van der Waals surface area (Å²) in [4.78, 5) is 3.25. The van der Waals surface area contributed by atoms with Crippen molar-refractivity contribution in [3.8, 4) is 0 Å². The molecule has 1 unspecified atom stereocenters. The predicted molar refractivity (Wildman–Crippen MR) is 89.8 cm³/mol. The molecular weight excluding hydrogens is 280 g/mol. The number of hydrogen-bond acceptors (Lipinski definition) is 1. The summed E-state index contributed by atoms with van der Waals surface area (Å²) in [6.45, 7) is 3.08. The fourth-order valence-corrected chi connectivity index (χ4v) is 2.89. The maximum Gasteiger partial charge on any atom is 0.0457 e. The molecule has 21 heavy (non-hydrogen) atoms. The van der Waals surface area contributed by atoms with E-state index >= 15 is 0 Å². The molecule has 2 N–H and O–H groups in total. The van der Waals surface area contributed by atoms with Gasteiger partial charge in [0.15, 0.2) is 0 Å². The van der Waals surface area contributed by atoms with Crippen LogP contribution in [0.1, 0.15) is 18.1 Å². The van der Waals surface area contributed by atoms with Gasteiger partial charge < -0.3 is 10.3 Å². The molecule has 0 aliphatic rings. The van der Waals surface area contributed by atoms with Crippen molar-refractivity contribution in [1.29, 1.82) is 0 Å². The van der Waals surface area contributed by atoms with Gasteiger partial charge in [-0.25, -0.2) is 0 Å². The average molecular weight is 299 g/mol. The number of nitrogens with one attached hydrogen (secondary N) is 2. The monoisotopic (exact) mass is 298 g/mol. The zero-order valence-corrected chi connectivity index (χ0v) is 12.8. The Balaban J connectivity index is 1.63. The number of fused-ring (bicyclic) bond motifs is 1. The largest absolute Gasteiger partial charge is 0.361 e. The first kappa shape index (κ1) is 14.2. The van der Waals surface area contributed by atoms with Crippen molar-refractivity contribution in [3.63, 3.8) is 0 Å². The van der Waals surface area contributed by atoms with Crippen LogP contribution in [0.4, 0.5) is 0 Å². The van der Waals surface area contributed by atoms with Gasteiger partial charge in [-0.15, -0.1) is 0 Å². The molecule has 0 spiro atoms. The SMILES string of the molecule is CC(Cc1cccc(Cl)c1)NCc1cccc2[nH]ccc12. The van der Waals surface area contributed by atoms with Gasteiger partial charge in [0.25, 0.3) is 0 Å². The summed E-state index contributed by atoms with van der Waals surface area (Å²) < 4.78 is 0. The van der Waals surface area contributed by atoms with E-state index in [0.717, 1.165) is 18.0 Å². The first-order chi connectivity index (χ1) is 10.2. The smallest absolute Gasteiger partial charge is 0.0457 e. The van der Waals surface area contributed by atoms with Gasteiger partial charge in [-0.05, 0) is 48.7 Å². The maximum absolute atomic E-state index is 6.03. The molecule has 0 amide bonds. The third-order valence-electron chi connectivity index (χ3n) is 3.76. The quantitative estimate of drug-likeness (QED) is 0.711. The van der Waals surface area contributed by atoms with Gasteiger partial charge in [0.2, 0.25) is 0 Å². The molecule has 3 heteroatoms. The third-order valence-corrected chi connectivity index (χ3v) is 3.99. The summed E-state index contributed by atoms with van der Waals surface area (Å²) >= 11 is 6.03. The standard InChI is InChI=1S/C18H19ClN2/c1-13(10-14-4-2-6-16(19)11-14)21-12-15-5-3-7-18-17(15)8-9-20-18/h2-9,11,13,20-21H,10,12H2,1H3. The summed E-state index contributed by atoms with van der Waals surface area (Å²) in [6, 6.07) is 17.0. The van der Waals surface area contributed by atoms with Gasteiger partial charge in [-0.2, -0.15) is 0 Å². The van der Waals surface area contributed by atoms with Gasteiger partial charge in [0.05, 0.1) is 0 Å². The van der Waals surface area contributed by atoms with Crippen LogP contribution in [-0.2, 0) is 13.0 Å². The predicted octanol–water partition coefficient (Wildman–Crippen LogP) is 4.54. The van der Waals surface area contributed by atoms with Crippen molar-refractivity contribution in [2.75, 3.05) is 0 Å². The molecule has 2 nitrogen and oxygen atoms in total. The fourth-order valence-electron chi connectivity index (χ4n) is 2.68. The topological polar surface area (TPSA) is 27.8 Å². The summed E-state index contributed by atoms with van der Waals surface area (Å²) in [5.41, 5.74) is 3.78. The molecule has 1 heterocycles. The highest BCUT2D eigenvalue weighted by molar-refractivity contribution is 6.30. The van der Waals surface area contributed by atoms with Crippen LogP contribution in [0.2, 0.25) is 5.02 Å². The van der Waals surface area contributed by atoms with Crippen LogP contribution < -0.4 is 5.32 Å². The highest BCUT2D eigenvalue weighted by Gasteiger charge is 2.06. The summed E-state index contributed by atoms with van der Waals surface area (Å²) in [6.07, 6.45) is 2.97. The first-order valence-corrected chi connectivity index (χ1v) is 7.63. The van der Waals surface area contributed by atoms with E-state index in [2.05, 4.69) is 47.6 Å². The van der Waals surface area contributed by atoms with E-state index in [9.17, 15) is 0 Å². The van der Waals surface area contributed by atoms with Crippen molar-refractivity contribution in [3.05, 3.63) is 70.9 Å². The van der Waals surface area contributed by atoms with Crippen LogP contribution in [0.15, 0.2) is 54.7 Å². The van der Waals surface area contributed by atoms with E-state index in [1.54, 1.807) is 0 Å². The van der Waals surface area contributed by atoms with Crippen molar-refractivity contribution in [2.45, 2.75) is 25.9 Å². The fraction of sp³-hybridized carbons (Fsp3) is 0.222. The molecule has 0 saturated heterocycles. The van der Waals surface area contributed by atoms with Crippen LogP contribution in [0, 0.1) is 0 Å². The Morgan fingerprint density at radius 2 is 2.00 bits per heavy atom. The Morgan fingerprint density at radius 3 is 2.86 bits per heavy atom. The van der Waals surface area contributed by atoms with E-state index in [1.807, 2.05) is 24.4 Å². The Labute approximate surface area is 130 Å². The Bertz CT molecular complexity index is 733. The van der Waals surface area contributed by atoms with Gasteiger partial charge in [-0.1, -0.05) is 35.9 Å². The van der Waals surface area contributed by atoms with Crippen LogP contribution >= 0.6 is 11.6 Å². The van der Waals surface area contributed by atoms with Gasteiger partial charge in [0.1, 0.15) is 0 Å². The van der Waals surface area contributed by atoms with Gasteiger partial charge in [-0.3, -0.25) is 0 Å². The van der Waals surface area contributed by atoms with Crippen LogP contribution in [0.3, 0.4) is 0 Å². The normalized spacial score (nSPS) is 12.7. The minimum atomic E-state index is 0.401. The van der Waals surface area contributed by atoms with Gasteiger partial charge in [0, 0.05) is 34.7 Å². The molecule has 0 bridgehead atoms. The van der Waals surface area contributed by atoms with E-state index in [1.165, 1.54) is 22.0 Å². The van der Waals surface area contributed by atoms with Crippen molar-refractivity contribution < 1.29 is 0 Å². The van der Waals surface area contributed by atoms with Gasteiger partial charge >= 0.3 is 0 Å². The number of halogens is 1. The second-order valence-electron chi connectivity index (χ2n) is 5.47. The molecule has 0 aliphatic heterocycles. The minimum absolute atomic E-state index is 0.401. The minimum Gasteiger partial charge on any atom is -0.361 e. The van der Waals surface area contributed by atoms with Crippen LogP contribution in [0.25, 0.3) is 10.9 Å². The number of H-pyrrole nitrogens is 1. The second-order valence-corrected chi connectivity index (χ2v) is 5.91. The molecule has 1 aromatic heterocycles. The third kappa shape index (κ3) is 3.46. The lowest BCUT2D eigenvalue weighted by Crippen LogP contribution is -2.27. The maximum atomic E-state index is 6.03. The van der Waals surface area contributed by atoms with E-state index in [4.69, 9.17) is 11.6 Å². The van der Waals surface area contributed by atoms with E-state index < -0.39 is 0 Å². The Morgan fingerprint density at radius 1 is 1.14 bits per heavy atom. The lowest BCUT2D eigenvalue weighted by molar-refractivity contribution is 0.547. The number of aromatic nitrogens is 1. The van der Waals surface area contributed by atoms with Crippen molar-refractivity contribution >= 4 is 22.5 Å². The summed E-state index contributed by atoms with van der Waals surface area (Å²) in [5.74, 6) is 0. The first-order valence-electron chi connectivity index (χ1n) is 7.25. The number of rotatable bonds is 5. The molecule has 1 atom stereocenters. The molecule has 0 radical (unpaired) electrons. The lowest BCUT2D eigenvalue weighted by atomic mass is 10.1. The molecule has 3 aromatic rings. The zero-order valence-electron chi connectivity index (χ0n) is 12.1. The highest BCUT2D eigenvalue weighted by atomic mass is 35.5. The highest BCUT2D eigenvalue weighted by Crippen LogP contribution is 2.17. The molecule has 108 valence electrons. The Hall–Kier alpha value is -1.77. The molecule has 0 saturated carbocycles. The van der Waals surface area contributed by atoms with Crippen molar-refractivity contribution in [1.82, 2.24) is 10.3 Å². The zero-order chi connectivity index (χ0) is 14.7. The lowest BCUT2D eigenvalue weighted by Gasteiger charge is -2.14. The van der Waals surface area contributed by atoms with Crippen LogP contribution in [-0.4, -0.2) is 11.0 Å². The molecule has 0 fully saturated rings. The van der Waals surface area contributed by atoms with Crippen LogP contribution in [0.5, 0.6) is 0 Å². The summed E-state index contributed by atoms with van der Waals surface area (Å²) in [7, 11) is 0. The number of hydrogen-bond donors (Lipinski definition) is 2.